The number of anilines is 1. The maximum absolute atomic E-state index is 13.0. The van der Waals surface area contributed by atoms with Crippen LogP contribution in [-0.2, 0) is 11.2 Å². The van der Waals surface area contributed by atoms with E-state index >= 15 is 0 Å². The zero-order chi connectivity index (χ0) is 17.5. The molecule has 5 heteroatoms. The highest BCUT2D eigenvalue weighted by Gasteiger charge is 2.33. The molecule has 26 heavy (non-hydrogen) atoms. The van der Waals surface area contributed by atoms with E-state index in [1.807, 2.05) is 35.2 Å². The Morgan fingerprint density at radius 3 is 2.65 bits per heavy atom. The molecule has 1 aliphatic carbocycles. The van der Waals surface area contributed by atoms with Crippen molar-refractivity contribution in [3.05, 3.63) is 59.7 Å². The van der Waals surface area contributed by atoms with Gasteiger partial charge in [-0.05, 0) is 36.1 Å². The van der Waals surface area contributed by atoms with E-state index in [9.17, 15) is 4.79 Å². The average Bonchev–Trinajstić information content (AvgIpc) is 3.32. The van der Waals surface area contributed by atoms with E-state index in [0.717, 1.165) is 55.8 Å². The molecule has 0 spiro atoms. The maximum Gasteiger partial charge on any atom is 0.230 e. The van der Waals surface area contributed by atoms with Crippen molar-refractivity contribution >= 4 is 22.7 Å². The lowest BCUT2D eigenvalue weighted by atomic mass is 9.99. The molecule has 132 valence electrons. The van der Waals surface area contributed by atoms with Gasteiger partial charge in [-0.15, -0.1) is 0 Å². The molecular formula is C21H21N3O2. The van der Waals surface area contributed by atoms with Crippen molar-refractivity contribution in [1.29, 1.82) is 0 Å². The third-order valence-electron chi connectivity index (χ3n) is 5.68. The first-order valence-corrected chi connectivity index (χ1v) is 9.27. The highest BCUT2D eigenvalue weighted by Crippen LogP contribution is 2.35. The number of carbonyl (C=O) groups excluding carboxylic acids is 1. The summed E-state index contributed by atoms with van der Waals surface area (Å²) in [6.45, 7) is 3.05. The minimum Gasteiger partial charge on any atom is -0.354 e. The lowest BCUT2D eigenvalue weighted by molar-refractivity contribution is -0.133. The number of hydrogen-bond acceptors (Lipinski definition) is 4. The van der Waals surface area contributed by atoms with Crippen molar-refractivity contribution in [2.45, 2.75) is 18.8 Å². The molecule has 1 fully saturated rings. The summed E-state index contributed by atoms with van der Waals surface area (Å²) in [7, 11) is 0. The standard InChI is InChI=1S/C21H21N3O2/c25-21(17-10-9-15-5-1-2-6-16(15)17)24-13-11-23(12-14-24)20-18-7-3-4-8-19(18)26-22-20/h1-8,17H,9-14H2. The fourth-order valence-corrected chi connectivity index (χ4v) is 4.27. The minimum absolute atomic E-state index is 0.0330. The van der Waals surface area contributed by atoms with Crippen LogP contribution in [0.3, 0.4) is 0 Å². The number of piperazine rings is 1. The van der Waals surface area contributed by atoms with Crippen molar-refractivity contribution in [2.75, 3.05) is 31.1 Å². The van der Waals surface area contributed by atoms with Crippen LogP contribution in [0, 0.1) is 0 Å². The van der Waals surface area contributed by atoms with Crippen LogP contribution in [0.1, 0.15) is 23.5 Å². The van der Waals surface area contributed by atoms with Crippen molar-refractivity contribution in [2.24, 2.45) is 0 Å². The minimum atomic E-state index is 0.0330. The lowest BCUT2D eigenvalue weighted by Crippen LogP contribution is -2.50. The number of rotatable bonds is 2. The van der Waals surface area contributed by atoms with Crippen LogP contribution < -0.4 is 4.90 Å². The van der Waals surface area contributed by atoms with Crippen LogP contribution in [0.15, 0.2) is 53.1 Å². The van der Waals surface area contributed by atoms with Gasteiger partial charge in [0.2, 0.25) is 5.91 Å². The molecule has 5 nitrogen and oxygen atoms in total. The van der Waals surface area contributed by atoms with E-state index in [0.29, 0.717) is 0 Å². The molecule has 1 aliphatic heterocycles. The summed E-state index contributed by atoms with van der Waals surface area (Å²) < 4.78 is 5.42. The summed E-state index contributed by atoms with van der Waals surface area (Å²) in [5.74, 6) is 1.20. The molecule has 5 rings (SSSR count). The van der Waals surface area contributed by atoms with E-state index in [4.69, 9.17) is 4.52 Å². The summed E-state index contributed by atoms with van der Waals surface area (Å²) in [6.07, 6.45) is 1.95. The topological polar surface area (TPSA) is 49.6 Å². The first kappa shape index (κ1) is 15.4. The maximum atomic E-state index is 13.0. The molecule has 1 amide bonds. The van der Waals surface area contributed by atoms with Crippen LogP contribution in [0.4, 0.5) is 5.82 Å². The molecule has 1 atom stereocenters. The van der Waals surface area contributed by atoms with Crippen LogP contribution in [0.25, 0.3) is 11.0 Å². The Labute approximate surface area is 152 Å². The van der Waals surface area contributed by atoms with Gasteiger partial charge in [0.15, 0.2) is 11.4 Å². The van der Waals surface area contributed by atoms with Gasteiger partial charge in [-0.3, -0.25) is 4.79 Å². The van der Waals surface area contributed by atoms with Gasteiger partial charge in [0.25, 0.3) is 0 Å². The smallest absolute Gasteiger partial charge is 0.230 e. The Morgan fingerprint density at radius 2 is 1.77 bits per heavy atom. The van der Waals surface area contributed by atoms with Gasteiger partial charge in [-0.2, -0.15) is 0 Å². The molecule has 2 heterocycles. The summed E-state index contributed by atoms with van der Waals surface area (Å²) in [6, 6.07) is 16.3. The molecule has 0 bridgehead atoms. The molecule has 2 aliphatic rings. The molecule has 3 aromatic rings. The zero-order valence-electron chi connectivity index (χ0n) is 14.6. The Morgan fingerprint density at radius 1 is 1.00 bits per heavy atom. The van der Waals surface area contributed by atoms with Gasteiger partial charge < -0.3 is 14.3 Å². The van der Waals surface area contributed by atoms with Gasteiger partial charge in [-0.25, -0.2) is 0 Å². The molecule has 2 aromatic carbocycles. The van der Waals surface area contributed by atoms with Crippen LogP contribution >= 0.6 is 0 Å². The number of amides is 1. The first-order valence-electron chi connectivity index (χ1n) is 9.27. The number of fused-ring (bicyclic) bond motifs is 2. The summed E-state index contributed by atoms with van der Waals surface area (Å²) in [4.78, 5) is 17.3. The van der Waals surface area contributed by atoms with Crippen LogP contribution in [-0.4, -0.2) is 42.1 Å². The quantitative estimate of drug-likeness (QED) is 0.714. The Hall–Kier alpha value is -2.82. The number of aryl methyl sites for hydroxylation is 1. The van der Waals surface area contributed by atoms with Crippen molar-refractivity contribution < 1.29 is 9.32 Å². The van der Waals surface area contributed by atoms with E-state index in [2.05, 4.69) is 28.3 Å². The number of aromatic nitrogens is 1. The molecule has 0 radical (unpaired) electrons. The number of nitrogens with zero attached hydrogens (tertiary/aromatic N) is 3. The molecule has 1 saturated heterocycles. The highest BCUT2D eigenvalue weighted by atomic mass is 16.5. The van der Waals surface area contributed by atoms with E-state index in [-0.39, 0.29) is 11.8 Å². The SMILES string of the molecule is O=C(C1CCc2ccccc21)N1CCN(c2noc3ccccc23)CC1. The van der Waals surface area contributed by atoms with Gasteiger partial charge in [-0.1, -0.05) is 41.6 Å². The molecule has 0 N–H and O–H groups in total. The molecule has 0 saturated carbocycles. The predicted molar refractivity (Wildman–Crippen MR) is 100 cm³/mol. The van der Waals surface area contributed by atoms with Crippen molar-refractivity contribution in [3.63, 3.8) is 0 Å². The van der Waals surface area contributed by atoms with Gasteiger partial charge in [0.05, 0.1) is 11.3 Å². The molecule has 1 aromatic heterocycles. The normalized spacial score (nSPS) is 19.8. The summed E-state index contributed by atoms with van der Waals surface area (Å²) >= 11 is 0. The Kier molecular flexibility index (Phi) is 3.66. The number of carbonyl (C=O) groups is 1. The second-order valence-corrected chi connectivity index (χ2v) is 7.10. The third-order valence-corrected chi connectivity index (χ3v) is 5.68. The Balaban J connectivity index is 1.30. The molecule has 1 unspecified atom stereocenters. The van der Waals surface area contributed by atoms with Crippen LogP contribution in [0.5, 0.6) is 0 Å². The highest BCUT2D eigenvalue weighted by molar-refractivity contribution is 5.89. The third kappa shape index (κ3) is 2.46. The van der Waals surface area contributed by atoms with E-state index in [1.165, 1.54) is 11.1 Å². The van der Waals surface area contributed by atoms with Crippen molar-refractivity contribution in [3.8, 4) is 0 Å². The fourth-order valence-electron chi connectivity index (χ4n) is 4.27. The van der Waals surface area contributed by atoms with Gasteiger partial charge in [0.1, 0.15) is 0 Å². The van der Waals surface area contributed by atoms with Gasteiger partial charge in [0, 0.05) is 26.2 Å². The largest absolute Gasteiger partial charge is 0.354 e. The van der Waals surface area contributed by atoms with Gasteiger partial charge >= 0.3 is 0 Å². The number of hydrogen-bond donors (Lipinski definition) is 0. The second-order valence-electron chi connectivity index (χ2n) is 7.10. The zero-order valence-corrected chi connectivity index (χ0v) is 14.6. The fraction of sp³-hybridized carbons (Fsp3) is 0.333. The van der Waals surface area contributed by atoms with Crippen LogP contribution in [0.2, 0.25) is 0 Å². The van der Waals surface area contributed by atoms with E-state index < -0.39 is 0 Å². The van der Waals surface area contributed by atoms with Crippen molar-refractivity contribution in [1.82, 2.24) is 10.1 Å². The average molecular weight is 347 g/mol. The summed E-state index contributed by atoms with van der Waals surface area (Å²) in [5.41, 5.74) is 3.37. The number of para-hydroxylation sites is 1. The molecular weight excluding hydrogens is 326 g/mol. The first-order chi connectivity index (χ1) is 12.8. The second kappa shape index (κ2) is 6.16. The lowest BCUT2D eigenvalue weighted by Gasteiger charge is -2.36. The van der Waals surface area contributed by atoms with E-state index in [1.54, 1.807) is 0 Å². The monoisotopic (exact) mass is 347 g/mol. The Bertz CT molecular complexity index is 957. The number of benzene rings is 2. The summed E-state index contributed by atoms with van der Waals surface area (Å²) in [5, 5.41) is 5.28. The predicted octanol–water partition coefficient (Wildman–Crippen LogP) is 3.21.